The van der Waals surface area contributed by atoms with Gasteiger partial charge < -0.3 is 11.1 Å². The summed E-state index contributed by atoms with van der Waals surface area (Å²) >= 11 is 0. The Balaban J connectivity index is 0.000000289. The molecule has 7 rings (SSSR count). The molecule has 3 aromatic heterocycles. The number of pyridine rings is 2. The summed E-state index contributed by atoms with van der Waals surface area (Å²) in [4.78, 5) is 33.7. The van der Waals surface area contributed by atoms with E-state index in [4.69, 9.17) is 5.73 Å². The number of nitrogens with zero attached hydrogens (tertiary/aromatic N) is 3. The Hall–Kier alpha value is -4.83. The molecule has 2 aliphatic carbocycles. The second-order valence-electron chi connectivity index (χ2n) is 11.2. The molecule has 2 aliphatic rings. The minimum atomic E-state index is -0.682. The molecule has 0 unspecified atom stereocenters. The number of rotatable bonds is 6. The van der Waals surface area contributed by atoms with Gasteiger partial charge in [0.05, 0.1) is 34.3 Å². The summed E-state index contributed by atoms with van der Waals surface area (Å²) in [6, 6.07) is 16.4. The average molecular weight is 595 g/mol. The number of fused-ring (bicyclic) bond motifs is 2. The number of hydrogen-bond donors (Lipinski definition) is 3. The molecule has 4 N–H and O–H groups in total. The first-order chi connectivity index (χ1) is 21.4. The summed E-state index contributed by atoms with van der Waals surface area (Å²) in [6.07, 6.45) is 9.74. The molecule has 1 fully saturated rings. The van der Waals surface area contributed by atoms with Crippen LogP contribution in [0, 0.1) is 11.6 Å². The highest BCUT2D eigenvalue weighted by Crippen LogP contribution is 2.49. The van der Waals surface area contributed by atoms with Crippen molar-refractivity contribution in [1.29, 1.82) is 0 Å². The van der Waals surface area contributed by atoms with Crippen LogP contribution < -0.4 is 16.6 Å². The summed E-state index contributed by atoms with van der Waals surface area (Å²) in [5.41, 5.74) is 9.68. The Morgan fingerprint density at radius 1 is 0.955 bits per heavy atom. The molecule has 1 amide bonds. The van der Waals surface area contributed by atoms with Gasteiger partial charge in [0.15, 0.2) is 0 Å². The third-order valence-corrected chi connectivity index (χ3v) is 8.40. The Morgan fingerprint density at radius 3 is 2.45 bits per heavy atom. The second kappa shape index (κ2) is 12.4. The van der Waals surface area contributed by atoms with E-state index in [-0.39, 0.29) is 30.1 Å². The number of aromatic nitrogens is 4. The molecular formula is C34H32F2N6O2. The molecule has 5 aromatic rings. The summed E-state index contributed by atoms with van der Waals surface area (Å²) < 4.78 is 28.0. The standard InChI is InChI=1S/C25H21F2N5O2.C9H11N/c26-19-2-1-3-20(27)22(19)14-4-6-16(29-12-14)13-30-24(34)25(8-9-25)15-5-7-17-18(10-15)21(11-28)31-32-23(17)33;1-2-6-9-8(4-1)5-3-7-10-9/h1-7,10,12H,8-9,11,13,28H2,(H,30,34)(H,32,33);3,5,7H,1-2,4,6H2. The topological polar surface area (TPSA) is 127 Å². The van der Waals surface area contributed by atoms with Crippen molar-refractivity contribution in [2.45, 2.75) is 57.0 Å². The zero-order valence-corrected chi connectivity index (χ0v) is 24.1. The van der Waals surface area contributed by atoms with Crippen LogP contribution in [-0.4, -0.2) is 26.1 Å². The molecule has 224 valence electrons. The van der Waals surface area contributed by atoms with Crippen LogP contribution in [0.4, 0.5) is 8.78 Å². The van der Waals surface area contributed by atoms with Gasteiger partial charge in [-0.2, -0.15) is 5.10 Å². The number of benzene rings is 2. The van der Waals surface area contributed by atoms with Gasteiger partial charge in [-0.15, -0.1) is 0 Å². The molecule has 0 spiro atoms. The third-order valence-electron chi connectivity index (χ3n) is 8.40. The van der Waals surface area contributed by atoms with Crippen molar-refractivity contribution < 1.29 is 13.6 Å². The van der Waals surface area contributed by atoms with E-state index in [0.717, 1.165) is 5.56 Å². The smallest absolute Gasteiger partial charge is 0.272 e. The summed E-state index contributed by atoms with van der Waals surface area (Å²) in [5, 5.41) is 10.5. The highest BCUT2D eigenvalue weighted by atomic mass is 19.1. The van der Waals surface area contributed by atoms with Crippen LogP contribution >= 0.6 is 0 Å². The number of hydrogen-bond acceptors (Lipinski definition) is 6. The van der Waals surface area contributed by atoms with Crippen molar-refractivity contribution in [2.24, 2.45) is 5.73 Å². The first kappa shape index (κ1) is 29.3. The lowest BCUT2D eigenvalue weighted by Gasteiger charge is -2.17. The monoisotopic (exact) mass is 594 g/mol. The minimum Gasteiger partial charge on any atom is -0.350 e. The SMILES string of the molecule is NCc1n[nH]c(=O)c2ccc(C3(C(=O)NCc4ccc(-c5c(F)cccc5F)cn4)CC3)cc12.c1cnc2c(c1)CCCC2. The molecule has 0 aliphatic heterocycles. The summed E-state index contributed by atoms with van der Waals surface area (Å²) in [5.74, 6) is -1.47. The maximum atomic E-state index is 14.0. The maximum Gasteiger partial charge on any atom is 0.272 e. The van der Waals surface area contributed by atoms with Crippen LogP contribution in [-0.2, 0) is 36.1 Å². The fraction of sp³-hybridized carbons (Fsp3) is 0.265. The minimum absolute atomic E-state index is 0.135. The number of halogens is 2. The number of nitrogens with one attached hydrogen (secondary N) is 2. The van der Waals surface area contributed by atoms with E-state index < -0.39 is 17.0 Å². The molecule has 0 radical (unpaired) electrons. The van der Waals surface area contributed by atoms with Crippen molar-refractivity contribution in [3.05, 3.63) is 123 Å². The van der Waals surface area contributed by atoms with Crippen molar-refractivity contribution in [2.75, 3.05) is 0 Å². The lowest BCUT2D eigenvalue weighted by molar-refractivity contribution is -0.123. The van der Waals surface area contributed by atoms with E-state index in [2.05, 4.69) is 31.5 Å². The summed E-state index contributed by atoms with van der Waals surface area (Å²) in [6.45, 7) is 0.331. The molecule has 1 saturated carbocycles. The van der Waals surface area contributed by atoms with Crippen LogP contribution in [0.15, 0.2) is 77.9 Å². The highest BCUT2D eigenvalue weighted by Gasteiger charge is 2.51. The zero-order chi connectivity index (χ0) is 30.7. The second-order valence-corrected chi connectivity index (χ2v) is 11.2. The summed E-state index contributed by atoms with van der Waals surface area (Å²) in [7, 11) is 0. The van der Waals surface area contributed by atoms with E-state index in [1.54, 1.807) is 24.3 Å². The largest absolute Gasteiger partial charge is 0.350 e. The molecule has 10 heteroatoms. The quantitative estimate of drug-likeness (QED) is 0.253. The lowest BCUT2D eigenvalue weighted by Crippen LogP contribution is -2.34. The van der Waals surface area contributed by atoms with Crippen LogP contribution in [0.25, 0.3) is 21.9 Å². The van der Waals surface area contributed by atoms with Gasteiger partial charge in [-0.05, 0) is 86.1 Å². The number of carbonyl (C=O) groups is 1. The number of aromatic amines is 1. The first-order valence-corrected chi connectivity index (χ1v) is 14.7. The van der Waals surface area contributed by atoms with Gasteiger partial charge in [0.25, 0.3) is 5.56 Å². The molecule has 8 nitrogen and oxygen atoms in total. The van der Waals surface area contributed by atoms with Crippen molar-refractivity contribution in [3.8, 4) is 11.1 Å². The fourth-order valence-corrected chi connectivity index (χ4v) is 5.77. The van der Waals surface area contributed by atoms with Crippen molar-refractivity contribution in [1.82, 2.24) is 25.5 Å². The van der Waals surface area contributed by atoms with Crippen LogP contribution in [0.3, 0.4) is 0 Å². The fourth-order valence-electron chi connectivity index (χ4n) is 5.77. The van der Waals surface area contributed by atoms with Crippen LogP contribution in [0.1, 0.15) is 53.9 Å². The lowest BCUT2D eigenvalue weighted by atomic mass is 9.92. The number of nitrogens with two attached hydrogens (primary N) is 1. The van der Waals surface area contributed by atoms with Gasteiger partial charge in [0.1, 0.15) is 11.6 Å². The molecule has 44 heavy (non-hydrogen) atoms. The third kappa shape index (κ3) is 5.85. The Morgan fingerprint density at radius 2 is 1.75 bits per heavy atom. The predicted octanol–water partition coefficient (Wildman–Crippen LogP) is 5.03. The normalized spacial score (nSPS) is 14.7. The Kier molecular flexibility index (Phi) is 8.25. The molecule has 0 saturated heterocycles. The van der Waals surface area contributed by atoms with Gasteiger partial charge >= 0.3 is 0 Å². The predicted molar refractivity (Wildman–Crippen MR) is 163 cm³/mol. The van der Waals surface area contributed by atoms with Crippen molar-refractivity contribution in [3.63, 3.8) is 0 Å². The molecular weight excluding hydrogens is 562 g/mol. The molecule has 3 heterocycles. The van der Waals surface area contributed by atoms with E-state index in [1.807, 2.05) is 18.3 Å². The van der Waals surface area contributed by atoms with Crippen LogP contribution in [0.2, 0.25) is 0 Å². The number of carbonyl (C=O) groups excluding carboxylic acids is 1. The Labute approximate surface area is 252 Å². The van der Waals surface area contributed by atoms with Gasteiger partial charge in [-0.1, -0.05) is 24.3 Å². The van der Waals surface area contributed by atoms with Crippen molar-refractivity contribution >= 4 is 16.7 Å². The van der Waals surface area contributed by atoms with E-state index in [9.17, 15) is 18.4 Å². The van der Waals surface area contributed by atoms with Gasteiger partial charge in [-0.25, -0.2) is 13.9 Å². The number of amides is 1. The van der Waals surface area contributed by atoms with Gasteiger partial charge in [0.2, 0.25) is 5.91 Å². The van der Waals surface area contributed by atoms with E-state index in [1.165, 1.54) is 61.3 Å². The van der Waals surface area contributed by atoms with Crippen LogP contribution in [0.5, 0.6) is 0 Å². The molecule has 0 bridgehead atoms. The van der Waals surface area contributed by atoms with E-state index >= 15 is 0 Å². The number of H-pyrrole nitrogens is 1. The highest BCUT2D eigenvalue weighted by molar-refractivity contribution is 5.93. The maximum absolute atomic E-state index is 14.0. The first-order valence-electron chi connectivity index (χ1n) is 14.7. The Bertz CT molecular complexity index is 1840. The molecule has 0 atom stereocenters. The van der Waals surface area contributed by atoms with Gasteiger partial charge in [-0.3, -0.25) is 19.6 Å². The average Bonchev–Trinajstić information content (AvgIpc) is 3.87. The zero-order valence-electron chi connectivity index (χ0n) is 24.1. The number of aryl methyl sites for hydroxylation is 2. The molecule has 2 aromatic carbocycles. The van der Waals surface area contributed by atoms with Gasteiger partial charge in [0, 0.05) is 35.6 Å². The van der Waals surface area contributed by atoms with E-state index in [0.29, 0.717) is 40.6 Å².